The normalized spacial score (nSPS) is 20.3. The zero-order valence-corrected chi connectivity index (χ0v) is 18.8. The van der Waals surface area contributed by atoms with Crippen LogP contribution in [-0.2, 0) is 14.3 Å². The maximum atomic E-state index is 13.2. The van der Waals surface area contributed by atoms with Crippen LogP contribution in [0, 0.1) is 12.7 Å². The zero-order chi connectivity index (χ0) is 23.8. The molecule has 9 heteroatoms. The number of urea groups is 1. The summed E-state index contributed by atoms with van der Waals surface area (Å²) in [4.78, 5) is 43.7. The van der Waals surface area contributed by atoms with Gasteiger partial charge >= 0.3 is 12.0 Å². The Labute approximate surface area is 196 Å². The van der Waals surface area contributed by atoms with Crippen LogP contribution in [0.5, 0.6) is 0 Å². The Balaban J connectivity index is 1.29. The Morgan fingerprint density at radius 2 is 1.71 bits per heavy atom. The minimum Gasteiger partial charge on any atom is -0.456 e. The highest BCUT2D eigenvalue weighted by atomic mass is 19.1. The number of aryl methyl sites for hydroxylation is 1. The van der Waals surface area contributed by atoms with Crippen LogP contribution in [0.2, 0.25) is 0 Å². The summed E-state index contributed by atoms with van der Waals surface area (Å²) < 4.78 is 18.4. The van der Waals surface area contributed by atoms with Crippen LogP contribution < -0.4 is 10.2 Å². The Hall–Kier alpha value is -3.88. The molecule has 8 nitrogen and oxygen atoms in total. The SMILES string of the molecule is Cc1ccc(C2NC(=O)N(CC(=O)N3CCN(c4ccc(F)cc4)CC3)C3=C2C(=O)OC3)cc1. The molecule has 0 aromatic heterocycles. The lowest BCUT2D eigenvalue weighted by Gasteiger charge is -2.38. The number of rotatable bonds is 4. The molecule has 1 N–H and O–H groups in total. The van der Waals surface area contributed by atoms with Crippen LogP contribution in [-0.4, -0.2) is 67.0 Å². The average molecular weight is 464 g/mol. The second-order valence-corrected chi connectivity index (χ2v) is 8.66. The first-order chi connectivity index (χ1) is 16.4. The predicted octanol–water partition coefficient (Wildman–Crippen LogP) is 2.36. The second kappa shape index (κ2) is 8.81. The van der Waals surface area contributed by atoms with E-state index in [9.17, 15) is 18.8 Å². The van der Waals surface area contributed by atoms with E-state index in [0.29, 0.717) is 37.4 Å². The molecule has 2 aromatic carbocycles. The van der Waals surface area contributed by atoms with Crippen molar-refractivity contribution in [1.82, 2.24) is 15.1 Å². The molecule has 3 aliphatic rings. The number of cyclic esters (lactones) is 1. The van der Waals surface area contributed by atoms with Gasteiger partial charge < -0.3 is 19.9 Å². The first kappa shape index (κ1) is 21.9. The lowest BCUT2D eigenvalue weighted by molar-refractivity contribution is -0.136. The highest BCUT2D eigenvalue weighted by Crippen LogP contribution is 2.35. The molecule has 0 saturated carbocycles. The topological polar surface area (TPSA) is 82.2 Å². The van der Waals surface area contributed by atoms with E-state index in [4.69, 9.17) is 4.74 Å². The van der Waals surface area contributed by atoms with Crippen LogP contribution in [0.25, 0.3) is 0 Å². The molecule has 3 amide bonds. The van der Waals surface area contributed by atoms with Gasteiger partial charge in [0.15, 0.2) is 0 Å². The van der Waals surface area contributed by atoms with Gasteiger partial charge in [0.25, 0.3) is 0 Å². The summed E-state index contributed by atoms with van der Waals surface area (Å²) >= 11 is 0. The van der Waals surface area contributed by atoms with Gasteiger partial charge in [-0.2, -0.15) is 0 Å². The van der Waals surface area contributed by atoms with Gasteiger partial charge in [-0.3, -0.25) is 9.69 Å². The number of piperazine rings is 1. The number of hydrogen-bond donors (Lipinski definition) is 1. The lowest BCUT2D eigenvalue weighted by Crippen LogP contribution is -2.54. The van der Waals surface area contributed by atoms with Gasteiger partial charge in [-0.05, 0) is 36.8 Å². The fourth-order valence-corrected chi connectivity index (χ4v) is 4.59. The van der Waals surface area contributed by atoms with Crippen LogP contribution in [0.1, 0.15) is 17.2 Å². The van der Waals surface area contributed by atoms with Crippen molar-refractivity contribution in [3.05, 3.63) is 76.7 Å². The molecule has 176 valence electrons. The number of carbonyl (C=O) groups is 3. The Bertz CT molecular complexity index is 1150. The maximum absolute atomic E-state index is 13.2. The molecule has 0 spiro atoms. The van der Waals surface area contributed by atoms with E-state index < -0.39 is 18.0 Å². The van der Waals surface area contributed by atoms with Crippen LogP contribution in [0.4, 0.5) is 14.9 Å². The molecule has 34 heavy (non-hydrogen) atoms. The molecule has 0 aliphatic carbocycles. The Morgan fingerprint density at radius 3 is 2.38 bits per heavy atom. The third-order valence-corrected chi connectivity index (χ3v) is 6.53. The standard InChI is InChI=1S/C25H25FN4O4/c1-16-2-4-17(5-3-16)23-22-20(15-34-24(22)32)30(25(33)27-23)14-21(31)29-12-10-28(11-13-29)19-8-6-18(26)7-9-19/h2-9,23H,10-15H2,1H3,(H,27,33). The number of nitrogens with one attached hydrogen (secondary N) is 1. The third kappa shape index (κ3) is 4.09. The molecule has 1 fully saturated rings. The minimum atomic E-state index is -0.608. The van der Waals surface area contributed by atoms with Crippen molar-refractivity contribution in [1.29, 1.82) is 0 Å². The minimum absolute atomic E-state index is 0.0322. The maximum Gasteiger partial charge on any atom is 0.338 e. The Kier molecular flexibility index (Phi) is 5.69. The van der Waals surface area contributed by atoms with Gasteiger partial charge in [-0.25, -0.2) is 14.0 Å². The highest BCUT2D eigenvalue weighted by molar-refractivity contribution is 5.98. The number of esters is 1. The molecule has 1 atom stereocenters. The molecule has 3 heterocycles. The molecule has 0 bridgehead atoms. The van der Waals surface area contributed by atoms with Crippen molar-refractivity contribution in [3.8, 4) is 0 Å². The fourth-order valence-electron chi connectivity index (χ4n) is 4.59. The van der Waals surface area contributed by atoms with Crippen molar-refractivity contribution in [2.75, 3.05) is 44.2 Å². The van der Waals surface area contributed by atoms with Gasteiger partial charge in [0.1, 0.15) is 19.0 Å². The monoisotopic (exact) mass is 464 g/mol. The smallest absolute Gasteiger partial charge is 0.338 e. The summed E-state index contributed by atoms with van der Waals surface area (Å²) in [6.45, 7) is 3.94. The second-order valence-electron chi connectivity index (χ2n) is 8.66. The van der Waals surface area contributed by atoms with E-state index >= 15 is 0 Å². The summed E-state index contributed by atoms with van der Waals surface area (Å²) in [5, 5.41) is 2.86. The number of ether oxygens (including phenoxy) is 1. The zero-order valence-electron chi connectivity index (χ0n) is 18.8. The number of nitrogens with zero attached hydrogens (tertiary/aromatic N) is 3. The van der Waals surface area contributed by atoms with Crippen LogP contribution in [0.15, 0.2) is 59.8 Å². The summed E-state index contributed by atoms with van der Waals surface area (Å²) in [7, 11) is 0. The number of benzene rings is 2. The largest absolute Gasteiger partial charge is 0.456 e. The van der Waals surface area contributed by atoms with Crippen molar-refractivity contribution in [2.45, 2.75) is 13.0 Å². The highest BCUT2D eigenvalue weighted by Gasteiger charge is 2.43. The predicted molar refractivity (Wildman–Crippen MR) is 122 cm³/mol. The van der Waals surface area contributed by atoms with Crippen molar-refractivity contribution in [3.63, 3.8) is 0 Å². The molecule has 1 saturated heterocycles. The molecule has 0 radical (unpaired) electrons. The van der Waals surface area contributed by atoms with Gasteiger partial charge in [0.05, 0.1) is 17.3 Å². The van der Waals surface area contributed by atoms with E-state index in [-0.39, 0.29) is 24.9 Å². The van der Waals surface area contributed by atoms with E-state index in [1.165, 1.54) is 17.0 Å². The lowest BCUT2D eigenvalue weighted by atomic mass is 9.95. The van der Waals surface area contributed by atoms with E-state index in [1.807, 2.05) is 31.2 Å². The first-order valence-corrected chi connectivity index (χ1v) is 11.2. The molecular weight excluding hydrogens is 439 g/mol. The Morgan fingerprint density at radius 1 is 1.03 bits per heavy atom. The summed E-state index contributed by atoms with van der Waals surface area (Å²) in [6, 6.07) is 12.8. The quantitative estimate of drug-likeness (QED) is 0.703. The van der Waals surface area contributed by atoms with E-state index in [0.717, 1.165) is 16.8 Å². The van der Waals surface area contributed by atoms with Gasteiger partial charge in [0, 0.05) is 31.9 Å². The van der Waals surface area contributed by atoms with Crippen molar-refractivity contribution in [2.24, 2.45) is 0 Å². The summed E-state index contributed by atoms with van der Waals surface area (Å²) in [5.41, 5.74) is 3.58. The summed E-state index contributed by atoms with van der Waals surface area (Å²) in [6.07, 6.45) is 0. The number of hydrogen-bond acceptors (Lipinski definition) is 5. The first-order valence-electron chi connectivity index (χ1n) is 11.2. The van der Waals surface area contributed by atoms with Crippen LogP contribution in [0.3, 0.4) is 0 Å². The van der Waals surface area contributed by atoms with Gasteiger partial charge in [0.2, 0.25) is 5.91 Å². The van der Waals surface area contributed by atoms with E-state index in [2.05, 4.69) is 10.2 Å². The number of halogens is 1. The number of carbonyl (C=O) groups excluding carboxylic acids is 3. The third-order valence-electron chi connectivity index (χ3n) is 6.53. The molecule has 5 rings (SSSR count). The van der Waals surface area contributed by atoms with Gasteiger partial charge in [-0.15, -0.1) is 0 Å². The van der Waals surface area contributed by atoms with Crippen LogP contribution >= 0.6 is 0 Å². The molecule has 2 aromatic rings. The fraction of sp³-hybridized carbons (Fsp3) is 0.320. The molecule has 1 unspecified atom stereocenters. The molecule has 3 aliphatic heterocycles. The summed E-state index contributed by atoms with van der Waals surface area (Å²) in [5.74, 6) is -0.968. The van der Waals surface area contributed by atoms with Crippen molar-refractivity contribution >= 4 is 23.6 Å². The average Bonchev–Trinajstić information content (AvgIpc) is 3.23. The number of anilines is 1. The molecular formula is C25H25FN4O4. The van der Waals surface area contributed by atoms with Crippen molar-refractivity contribution < 1.29 is 23.5 Å². The van der Waals surface area contributed by atoms with Gasteiger partial charge in [-0.1, -0.05) is 29.8 Å². The van der Waals surface area contributed by atoms with E-state index in [1.54, 1.807) is 17.0 Å². The number of amides is 3.